The molecule has 283 valence electrons. The van der Waals surface area contributed by atoms with Crippen LogP contribution in [0.15, 0.2) is 170 Å². The molecule has 4 heteroatoms. The van der Waals surface area contributed by atoms with Crippen molar-refractivity contribution in [3.8, 4) is 50.5 Å². The van der Waals surface area contributed by atoms with Crippen LogP contribution in [0, 0.1) is 31.3 Å². The minimum absolute atomic E-state index is 0. The SMILES string of the molecule is [2H]C([2H])([2H])c1ccc(-c2[c-]cc(C([2H])([2H])[2H])c(-c3ccc4c5ccccc5n(-c5ccccc5)c4c3)c2)nc1.[2H]C([2H])(c1ccc(-c2ccnc(-c3[c-]cccc3)c2)cc1)C(C)(C)C.[Ir]. The molecule has 0 atom stereocenters. The van der Waals surface area contributed by atoms with Gasteiger partial charge in [0.05, 0.1) is 11.0 Å². The van der Waals surface area contributed by atoms with Gasteiger partial charge in [-0.15, -0.1) is 65.2 Å². The first-order chi connectivity index (χ1) is 30.4. The molecule has 0 bridgehead atoms. The Balaban J connectivity index is 0.000000210. The molecule has 0 aliphatic rings. The van der Waals surface area contributed by atoms with Crippen LogP contribution >= 0.6 is 0 Å². The van der Waals surface area contributed by atoms with Crippen molar-refractivity contribution in [3.05, 3.63) is 199 Å². The topological polar surface area (TPSA) is 30.7 Å². The number of para-hydroxylation sites is 2. The van der Waals surface area contributed by atoms with E-state index in [4.69, 9.17) is 11.0 Å². The van der Waals surface area contributed by atoms with E-state index in [0.717, 1.165) is 55.4 Å². The zero-order valence-corrected chi connectivity index (χ0v) is 34.2. The molecule has 0 aliphatic heterocycles. The number of hydrogen-bond donors (Lipinski definition) is 0. The molecule has 0 spiro atoms. The summed E-state index contributed by atoms with van der Waals surface area (Å²) in [5, 5.41) is 2.18. The van der Waals surface area contributed by atoms with Gasteiger partial charge in [-0.1, -0.05) is 124 Å². The molecule has 3 aromatic heterocycles. The monoisotopic (exact) mass is 924 g/mol. The number of hydrogen-bond acceptors (Lipinski definition) is 2. The molecule has 3 nitrogen and oxygen atoms in total. The second-order valence-corrected chi connectivity index (χ2v) is 14.7. The predicted octanol–water partition coefficient (Wildman–Crippen LogP) is 13.7. The van der Waals surface area contributed by atoms with E-state index in [-0.39, 0.29) is 31.2 Å². The number of pyridine rings is 2. The third-order valence-electron chi connectivity index (χ3n) is 9.47. The molecule has 9 aromatic rings. The summed E-state index contributed by atoms with van der Waals surface area (Å²) in [6.07, 6.45) is 1.75. The summed E-state index contributed by atoms with van der Waals surface area (Å²) in [6.45, 7) is 1.16. The number of fused-ring (bicyclic) bond motifs is 3. The average molecular weight is 924 g/mol. The summed E-state index contributed by atoms with van der Waals surface area (Å²) in [5.74, 6) is 0. The standard InChI is InChI=1S/C31H23N2.C22H22N.Ir/c1-21-12-17-29(32-20-21)24-14-13-22(2)28(18-24)23-15-16-27-26-10-6-7-11-30(26)33(31(27)19-23)25-8-4-3-5-9-25;1-22(2,3)16-17-9-11-18(12-10-17)20-13-14-23-21(15-20)19-7-5-4-6-8-19;/h3-13,15-20H,1-2H3;4-7,9-15H,16H2,1-3H3;/q2*-1;/i1D3,2D3;16D2;. The normalized spacial score (nSPS) is 13.9. The third-order valence-corrected chi connectivity index (χ3v) is 9.47. The molecule has 0 unspecified atom stereocenters. The summed E-state index contributed by atoms with van der Waals surface area (Å²) in [4.78, 5) is 8.77. The molecule has 0 aliphatic carbocycles. The molecular formula is C53H45IrN3-2. The van der Waals surface area contributed by atoms with Crippen LogP contribution in [0.3, 0.4) is 0 Å². The van der Waals surface area contributed by atoms with Crippen molar-refractivity contribution in [2.45, 2.75) is 40.8 Å². The first kappa shape index (κ1) is 30.2. The fourth-order valence-corrected chi connectivity index (χ4v) is 6.91. The Morgan fingerprint density at radius 2 is 1.40 bits per heavy atom. The molecule has 0 saturated carbocycles. The van der Waals surface area contributed by atoms with E-state index >= 15 is 0 Å². The Hall–Kier alpha value is -5.93. The van der Waals surface area contributed by atoms with Crippen molar-refractivity contribution in [2.24, 2.45) is 5.41 Å². The maximum Gasteiger partial charge on any atom is 0.0546 e. The predicted molar refractivity (Wildman–Crippen MR) is 235 cm³/mol. The summed E-state index contributed by atoms with van der Waals surface area (Å²) in [5.41, 5.74) is 9.97. The third kappa shape index (κ3) is 8.89. The van der Waals surface area contributed by atoms with Crippen molar-refractivity contribution in [1.82, 2.24) is 14.5 Å². The van der Waals surface area contributed by atoms with Crippen LogP contribution in [-0.4, -0.2) is 14.5 Å². The maximum absolute atomic E-state index is 8.39. The second-order valence-electron chi connectivity index (χ2n) is 14.7. The number of nitrogens with zero attached hydrogens (tertiary/aromatic N) is 3. The van der Waals surface area contributed by atoms with E-state index in [1.165, 1.54) is 18.3 Å². The summed E-state index contributed by atoms with van der Waals surface area (Å²) >= 11 is 0. The molecule has 6 aromatic carbocycles. The van der Waals surface area contributed by atoms with Gasteiger partial charge in [0, 0.05) is 59.9 Å². The van der Waals surface area contributed by atoms with E-state index in [0.29, 0.717) is 22.4 Å². The van der Waals surface area contributed by atoms with Crippen LogP contribution in [0.25, 0.3) is 72.3 Å². The van der Waals surface area contributed by atoms with Gasteiger partial charge in [0.2, 0.25) is 0 Å². The Morgan fingerprint density at radius 3 is 2.14 bits per heavy atom. The van der Waals surface area contributed by atoms with Gasteiger partial charge in [-0.3, -0.25) is 0 Å². The van der Waals surface area contributed by atoms with Gasteiger partial charge in [-0.05, 0) is 88.2 Å². The molecule has 9 rings (SSSR count). The zero-order chi connectivity index (χ0) is 45.4. The van der Waals surface area contributed by atoms with Gasteiger partial charge in [0.15, 0.2) is 0 Å². The summed E-state index contributed by atoms with van der Waals surface area (Å²) in [6, 6.07) is 56.5. The minimum Gasteiger partial charge on any atom is -0.309 e. The van der Waals surface area contributed by atoms with E-state index < -0.39 is 25.5 Å². The molecule has 1 radical (unpaired) electrons. The molecule has 3 heterocycles. The maximum atomic E-state index is 8.39. The largest absolute Gasteiger partial charge is 0.309 e. The van der Waals surface area contributed by atoms with Gasteiger partial charge >= 0.3 is 0 Å². The van der Waals surface area contributed by atoms with Gasteiger partial charge < -0.3 is 14.5 Å². The van der Waals surface area contributed by atoms with Crippen LogP contribution in [-0.2, 0) is 26.5 Å². The van der Waals surface area contributed by atoms with Gasteiger partial charge in [-0.2, -0.15) is 0 Å². The van der Waals surface area contributed by atoms with Crippen molar-refractivity contribution in [1.29, 1.82) is 0 Å². The van der Waals surface area contributed by atoms with Crippen molar-refractivity contribution in [2.75, 3.05) is 0 Å². The first-order valence-electron chi connectivity index (χ1n) is 22.6. The van der Waals surface area contributed by atoms with Crippen LogP contribution in [0.1, 0.15) is 48.4 Å². The molecule has 0 saturated heterocycles. The Morgan fingerprint density at radius 1 is 0.632 bits per heavy atom. The van der Waals surface area contributed by atoms with E-state index in [1.807, 2.05) is 130 Å². The number of aromatic nitrogens is 3. The quantitative estimate of drug-likeness (QED) is 0.156. The minimum atomic E-state index is -2.36. The van der Waals surface area contributed by atoms with Crippen LogP contribution in [0.2, 0.25) is 0 Å². The Labute approximate surface area is 361 Å². The number of benzene rings is 6. The van der Waals surface area contributed by atoms with Crippen molar-refractivity contribution in [3.63, 3.8) is 0 Å². The molecule has 57 heavy (non-hydrogen) atoms. The second kappa shape index (κ2) is 17.1. The van der Waals surface area contributed by atoms with E-state index in [9.17, 15) is 0 Å². The first-order valence-corrected chi connectivity index (χ1v) is 18.6. The molecule has 0 amide bonds. The van der Waals surface area contributed by atoms with Crippen LogP contribution in [0.5, 0.6) is 0 Å². The Kier molecular flexibility index (Phi) is 9.05. The summed E-state index contributed by atoms with van der Waals surface area (Å²) < 4.78 is 66.3. The van der Waals surface area contributed by atoms with Gasteiger partial charge in [-0.25, -0.2) is 0 Å². The molecule has 0 N–H and O–H groups in total. The van der Waals surface area contributed by atoms with Crippen LogP contribution in [0.4, 0.5) is 0 Å². The average Bonchev–Trinajstić information content (AvgIpc) is 3.62. The smallest absolute Gasteiger partial charge is 0.0546 e. The number of rotatable bonds is 6. The fraction of sp³-hybridized carbons (Fsp3) is 0.132. The Bertz CT molecular complexity index is 3060. The van der Waals surface area contributed by atoms with Gasteiger partial charge in [0.1, 0.15) is 0 Å². The van der Waals surface area contributed by atoms with Crippen molar-refractivity contribution >= 4 is 21.8 Å². The summed E-state index contributed by atoms with van der Waals surface area (Å²) in [7, 11) is 0. The number of aryl methyl sites for hydroxylation is 2. The van der Waals surface area contributed by atoms with E-state index in [2.05, 4.69) is 50.9 Å². The fourth-order valence-electron chi connectivity index (χ4n) is 6.91. The molecular weight excluding hydrogens is 871 g/mol. The molecule has 0 fully saturated rings. The van der Waals surface area contributed by atoms with E-state index in [1.54, 1.807) is 18.3 Å². The van der Waals surface area contributed by atoms with Gasteiger partial charge in [0.25, 0.3) is 0 Å². The zero-order valence-electron chi connectivity index (χ0n) is 39.8. The van der Waals surface area contributed by atoms with Crippen molar-refractivity contribution < 1.29 is 31.1 Å². The van der Waals surface area contributed by atoms with Crippen LogP contribution < -0.4 is 0 Å².